The summed E-state index contributed by atoms with van der Waals surface area (Å²) >= 11 is 5.28. The first kappa shape index (κ1) is 21.2. The van der Waals surface area contributed by atoms with Crippen LogP contribution >= 0.6 is 12.2 Å². The van der Waals surface area contributed by atoms with Gasteiger partial charge in [0.05, 0.1) is 30.6 Å². The number of carbonyl (C=O) groups excluding carboxylic acids is 1. The summed E-state index contributed by atoms with van der Waals surface area (Å²) in [5, 5.41) is 4.25. The molecule has 0 radical (unpaired) electrons. The van der Waals surface area contributed by atoms with E-state index in [2.05, 4.69) is 26.1 Å². The van der Waals surface area contributed by atoms with Crippen molar-refractivity contribution in [2.24, 2.45) is 0 Å². The van der Waals surface area contributed by atoms with Crippen molar-refractivity contribution in [1.82, 2.24) is 26.1 Å². The first-order valence-corrected chi connectivity index (χ1v) is 10.7. The number of hydrazine groups is 1. The molecule has 3 N–H and O–H groups in total. The monoisotopic (exact) mass is 439 g/mol. The lowest BCUT2D eigenvalue weighted by Crippen LogP contribution is -2.47. The summed E-state index contributed by atoms with van der Waals surface area (Å²) in [5.41, 5.74) is 7.25. The van der Waals surface area contributed by atoms with Crippen LogP contribution in [-0.4, -0.2) is 60.3 Å². The van der Waals surface area contributed by atoms with Gasteiger partial charge in [0.25, 0.3) is 5.91 Å². The van der Waals surface area contributed by atoms with Crippen LogP contribution in [0.25, 0.3) is 22.4 Å². The predicted octanol–water partition coefficient (Wildman–Crippen LogP) is 2.33. The summed E-state index contributed by atoms with van der Waals surface area (Å²) < 4.78 is 10.8. The second kappa shape index (κ2) is 10.3. The molecular formula is C22H25N5O3S. The first-order valence-electron chi connectivity index (χ1n) is 10.3. The predicted molar refractivity (Wildman–Crippen MR) is 123 cm³/mol. The lowest BCUT2D eigenvalue weighted by atomic mass is 10.1. The lowest BCUT2D eigenvalue weighted by molar-refractivity contribution is 0.0376. The molecule has 0 bridgehead atoms. The van der Waals surface area contributed by atoms with Crippen LogP contribution < -0.4 is 16.2 Å². The second-order valence-corrected chi connectivity index (χ2v) is 7.60. The van der Waals surface area contributed by atoms with Gasteiger partial charge >= 0.3 is 0 Å². The molecule has 9 heteroatoms. The molecule has 3 heterocycles. The third kappa shape index (κ3) is 5.57. The van der Waals surface area contributed by atoms with E-state index in [0.29, 0.717) is 27.6 Å². The highest BCUT2D eigenvalue weighted by Gasteiger charge is 2.15. The van der Waals surface area contributed by atoms with Crippen molar-refractivity contribution < 1.29 is 13.9 Å². The van der Waals surface area contributed by atoms with Crippen molar-refractivity contribution in [1.29, 1.82) is 0 Å². The van der Waals surface area contributed by atoms with E-state index >= 15 is 0 Å². The largest absolute Gasteiger partial charge is 0.463 e. The number of amides is 1. The fourth-order valence-electron chi connectivity index (χ4n) is 3.47. The van der Waals surface area contributed by atoms with Gasteiger partial charge in [-0.25, -0.2) is 4.98 Å². The van der Waals surface area contributed by atoms with E-state index in [1.54, 1.807) is 18.4 Å². The minimum absolute atomic E-state index is 0.302. The number of hydrogen-bond acceptors (Lipinski definition) is 6. The number of nitrogens with zero attached hydrogens (tertiary/aromatic N) is 2. The second-order valence-electron chi connectivity index (χ2n) is 7.19. The molecule has 0 saturated carbocycles. The van der Waals surface area contributed by atoms with Crippen molar-refractivity contribution in [2.45, 2.75) is 6.42 Å². The molecule has 1 aliphatic rings. The SMILES string of the molecule is O=C(NNC(=S)NCCCN1CCOCC1)c1cc(-c2ccco2)nc2ccccc12. The van der Waals surface area contributed by atoms with Gasteiger partial charge in [0.2, 0.25) is 0 Å². The quantitative estimate of drug-likeness (QED) is 0.306. The Balaban J connectivity index is 1.33. The van der Waals surface area contributed by atoms with Crippen molar-refractivity contribution >= 4 is 34.1 Å². The maximum atomic E-state index is 12.9. The number of hydrogen-bond donors (Lipinski definition) is 3. The number of fused-ring (bicyclic) bond motifs is 1. The van der Waals surface area contributed by atoms with Gasteiger partial charge in [-0.05, 0) is 49.4 Å². The highest BCUT2D eigenvalue weighted by molar-refractivity contribution is 7.80. The molecule has 1 fully saturated rings. The van der Waals surface area contributed by atoms with Gasteiger partial charge in [-0.3, -0.25) is 20.5 Å². The topological polar surface area (TPSA) is 91.7 Å². The third-order valence-corrected chi connectivity index (χ3v) is 5.31. The Morgan fingerprint density at radius 2 is 1.97 bits per heavy atom. The number of furan rings is 1. The van der Waals surface area contributed by atoms with Gasteiger partial charge in [0, 0.05) is 25.0 Å². The van der Waals surface area contributed by atoms with Crippen LogP contribution in [-0.2, 0) is 4.74 Å². The van der Waals surface area contributed by atoms with E-state index in [0.717, 1.165) is 51.2 Å². The Labute approximate surface area is 185 Å². The van der Waals surface area contributed by atoms with Gasteiger partial charge in [0.15, 0.2) is 10.9 Å². The molecule has 2 aromatic heterocycles. The molecule has 0 atom stereocenters. The van der Waals surface area contributed by atoms with Gasteiger partial charge < -0.3 is 14.5 Å². The molecular weight excluding hydrogens is 414 g/mol. The van der Waals surface area contributed by atoms with Crippen LogP contribution in [0.3, 0.4) is 0 Å². The Hall–Kier alpha value is -3.01. The molecule has 1 aliphatic heterocycles. The third-order valence-electron chi connectivity index (χ3n) is 5.06. The fourth-order valence-corrected chi connectivity index (χ4v) is 3.62. The van der Waals surface area contributed by atoms with Crippen LogP contribution in [0.2, 0.25) is 0 Å². The summed E-state index contributed by atoms with van der Waals surface area (Å²) in [6.07, 6.45) is 2.54. The maximum Gasteiger partial charge on any atom is 0.270 e. The molecule has 1 saturated heterocycles. The minimum Gasteiger partial charge on any atom is -0.463 e. The molecule has 8 nitrogen and oxygen atoms in total. The number of nitrogens with one attached hydrogen (secondary N) is 3. The van der Waals surface area contributed by atoms with Crippen LogP contribution in [0.15, 0.2) is 53.1 Å². The molecule has 0 spiro atoms. The minimum atomic E-state index is -0.302. The summed E-state index contributed by atoms with van der Waals surface area (Å²) in [7, 11) is 0. The average molecular weight is 440 g/mol. The zero-order valence-corrected chi connectivity index (χ0v) is 17.9. The normalized spacial score (nSPS) is 14.3. The van der Waals surface area contributed by atoms with E-state index in [1.165, 1.54) is 0 Å². The number of thiocarbonyl (C=S) groups is 1. The van der Waals surface area contributed by atoms with Crippen LogP contribution in [0, 0.1) is 0 Å². The van der Waals surface area contributed by atoms with E-state index in [-0.39, 0.29) is 5.91 Å². The number of ether oxygens (including phenoxy) is 1. The molecule has 4 rings (SSSR count). The Morgan fingerprint density at radius 3 is 2.77 bits per heavy atom. The molecule has 1 aromatic carbocycles. The number of aromatic nitrogens is 1. The highest BCUT2D eigenvalue weighted by Crippen LogP contribution is 2.25. The number of para-hydroxylation sites is 1. The molecule has 0 aliphatic carbocycles. The maximum absolute atomic E-state index is 12.9. The standard InChI is InChI=1S/C22H25N5O3S/c28-21(25-26-22(31)23-8-4-9-27-10-13-29-14-11-27)17-15-19(20-7-3-12-30-20)24-18-6-2-1-5-16(17)18/h1-3,5-7,12,15H,4,8-11,13-14H2,(H,25,28)(H2,23,26,31). The number of morpholine rings is 1. The first-order chi connectivity index (χ1) is 15.2. The van der Waals surface area contributed by atoms with Crippen LogP contribution in [0.4, 0.5) is 0 Å². The van der Waals surface area contributed by atoms with Gasteiger partial charge in [-0.1, -0.05) is 18.2 Å². The number of pyridine rings is 1. The Morgan fingerprint density at radius 1 is 1.13 bits per heavy atom. The molecule has 162 valence electrons. The number of benzene rings is 1. The molecule has 1 amide bonds. The van der Waals surface area contributed by atoms with Crippen molar-refractivity contribution in [3.8, 4) is 11.5 Å². The summed E-state index contributed by atoms with van der Waals surface area (Å²) in [6.45, 7) is 5.25. The smallest absolute Gasteiger partial charge is 0.270 e. The van der Waals surface area contributed by atoms with Crippen LogP contribution in [0.5, 0.6) is 0 Å². The number of rotatable bonds is 6. The molecule has 31 heavy (non-hydrogen) atoms. The summed E-state index contributed by atoms with van der Waals surface area (Å²) in [5.74, 6) is 0.300. The van der Waals surface area contributed by atoms with E-state index in [1.807, 2.05) is 30.3 Å². The molecule has 0 unspecified atom stereocenters. The highest BCUT2D eigenvalue weighted by atomic mass is 32.1. The Bertz CT molecular complexity index is 1030. The zero-order chi connectivity index (χ0) is 21.5. The summed E-state index contributed by atoms with van der Waals surface area (Å²) in [4.78, 5) is 19.9. The molecule has 3 aromatic rings. The van der Waals surface area contributed by atoms with E-state index < -0.39 is 0 Å². The van der Waals surface area contributed by atoms with Crippen molar-refractivity contribution in [3.05, 3.63) is 54.3 Å². The van der Waals surface area contributed by atoms with Gasteiger partial charge in [-0.15, -0.1) is 0 Å². The lowest BCUT2D eigenvalue weighted by Gasteiger charge is -2.26. The van der Waals surface area contributed by atoms with Gasteiger partial charge in [-0.2, -0.15) is 0 Å². The zero-order valence-electron chi connectivity index (χ0n) is 17.1. The average Bonchev–Trinajstić information content (AvgIpc) is 3.35. The number of carbonyl (C=O) groups is 1. The van der Waals surface area contributed by atoms with E-state index in [9.17, 15) is 4.79 Å². The van der Waals surface area contributed by atoms with Crippen molar-refractivity contribution in [2.75, 3.05) is 39.4 Å². The van der Waals surface area contributed by atoms with Crippen molar-refractivity contribution in [3.63, 3.8) is 0 Å². The fraction of sp³-hybridized carbons (Fsp3) is 0.318. The van der Waals surface area contributed by atoms with Crippen LogP contribution in [0.1, 0.15) is 16.8 Å². The summed E-state index contributed by atoms with van der Waals surface area (Å²) in [6, 6.07) is 12.8. The Kier molecular flexibility index (Phi) is 7.08. The van der Waals surface area contributed by atoms with Gasteiger partial charge in [0.1, 0.15) is 5.69 Å². The van der Waals surface area contributed by atoms with E-state index in [4.69, 9.17) is 21.4 Å².